The van der Waals surface area contributed by atoms with Crippen LogP contribution < -0.4 is 25.5 Å². The van der Waals surface area contributed by atoms with E-state index in [1.807, 2.05) is 49.4 Å². The molecule has 14 heteroatoms. The molecular weight excluding hydrogens is 781 g/mol. The number of methoxy groups -OCH3 is 1. The van der Waals surface area contributed by atoms with E-state index in [1.54, 1.807) is 53.3 Å². The predicted molar refractivity (Wildman–Crippen MR) is 230 cm³/mol. The summed E-state index contributed by atoms with van der Waals surface area (Å²) in [7, 11) is -1.06. The average Bonchev–Trinajstić information content (AvgIpc) is 3.65. The molecule has 7 rings (SSSR count). The van der Waals surface area contributed by atoms with E-state index in [1.165, 1.54) is 13.8 Å². The Kier molecular flexibility index (Phi) is 12.1. The molecule has 7 atom stereocenters. The molecule has 316 valence electrons. The van der Waals surface area contributed by atoms with E-state index in [-0.39, 0.29) is 36.9 Å². The van der Waals surface area contributed by atoms with Gasteiger partial charge in [0.15, 0.2) is 5.60 Å². The summed E-state index contributed by atoms with van der Waals surface area (Å²) in [5, 5.41) is 37.0. The fraction of sp³-hybridized carbons (Fsp3) is 0.391. The molecule has 4 aromatic rings. The Morgan fingerprint density at radius 1 is 0.900 bits per heavy atom. The number of hydrogen-bond donors (Lipinski definition) is 5. The number of amides is 4. The maximum atomic E-state index is 15.5. The number of carbonyl (C=O) groups is 4. The Labute approximate surface area is 351 Å². The van der Waals surface area contributed by atoms with Crippen molar-refractivity contribution in [2.45, 2.75) is 95.3 Å². The number of fused-ring (bicyclic) bond motifs is 3. The zero-order chi connectivity index (χ0) is 43.1. The van der Waals surface area contributed by atoms with Gasteiger partial charge in [0.25, 0.3) is 17.7 Å². The summed E-state index contributed by atoms with van der Waals surface area (Å²) in [5.74, 6) is -1.47. The molecule has 1 fully saturated rings. The molecule has 1 saturated heterocycles. The summed E-state index contributed by atoms with van der Waals surface area (Å²) in [4.78, 5) is 58.7. The third-order valence-corrected chi connectivity index (χ3v) is 17.0. The Morgan fingerprint density at radius 2 is 1.55 bits per heavy atom. The third-order valence-electron chi connectivity index (χ3n) is 12.7. The van der Waals surface area contributed by atoms with Gasteiger partial charge in [0.1, 0.15) is 18.0 Å². The van der Waals surface area contributed by atoms with Crippen molar-refractivity contribution in [1.82, 2.24) is 4.90 Å². The van der Waals surface area contributed by atoms with Gasteiger partial charge in [0.05, 0.1) is 52.6 Å². The Bertz CT molecular complexity index is 2280. The van der Waals surface area contributed by atoms with Crippen LogP contribution in [0.3, 0.4) is 0 Å². The molecule has 3 heterocycles. The first-order valence-corrected chi connectivity index (χ1v) is 23.5. The average molecular weight is 835 g/mol. The third kappa shape index (κ3) is 7.85. The minimum absolute atomic E-state index is 0.0336. The van der Waals surface area contributed by atoms with E-state index in [9.17, 15) is 29.7 Å². The number of rotatable bonds is 12. The van der Waals surface area contributed by atoms with Crippen LogP contribution in [0.2, 0.25) is 18.6 Å². The molecule has 0 aliphatic carbocycles. The fourth-order valence-corrected chi connectivity index (χ4v) is 13.5. The summed E-state index contributed by atoms with van der Waals surface area (Å²) >= 11 is 0. The molecule has 3 aliphatic heterocycles. The van der Waals surface area contributed by atoms with Crippen molar-refractivity contribution < 1.29 is 44.0 Å². The van der Waals surface area contributed by atoms with Crippen LogP contribution in [0.4, 0.5) is 17.1 Å². The van der Waals surface area contributed by atoms with Gasteiger partial charge >= 0.3 is 0 Å². The van der Waals surface area contributed by atoms with Crippen LogP contribution in [-0.2, 0) is 49.0 Å². The number of hydrogen-bond acceptors (Lipinski definition) is 9. The Balaban J connectivity index is 1.32. The van der Waals surface area contributed by atoms with Crippen LogP contribution in [-0.4, -0.2) is 90.0 Å². The number of benzene rings is 4. The van der Waals surface area contributed by atoms with Crippen molar-refractivity contribution in [2.75, 3.05) is 29.3 Å². The van der Waals surface area contributed by atoms with Crippen LogP contribution >= 0.6 is 0 Å². The van der Waals surface area contributed by atoms with Gasteiger partial charge in [-0.1, -0.05) is 73.7 Å². The number of carbonyl (C=O) groups excluding carboxylic acids is 4. The summed E-state index contributed by atoms with van der Waals surface area (Å²) in [6, 6.07) is 27.7. The van der Waals surface area contributed by atoms with E-state index < -0.39 is 55.8 Å². The maximum absolute atomic E-state index is 15.5. The zero-order valence-corrected chi connectivity index (χ0v) is 35.8. The van der Waals surface area contributed by atoms with E-state index in [0.717, 1.165) is 16.3 Å². The first-order valence-electron chi connectivity index (χ1n) is 20.4. The predicted octanol–water partition coefficient (Wildman–Crippen LogP) is 4.43. The van der Waals surface area contributed by atoms with Crippen molar-refractivity contribution in [3.05, 3.63) is 113 Å². The largest absolute Gasteiger partial charge is 0.497 e. The van der Waals surface area contributed by atoms with Gasteiger partial charge in [0, 0.05) is 29.4 Å². The monoisotopic (exact) mass is 834 g/mol. The molecule has 0 radical (unpaired) electrons. The minimum atomic E-state index is -2.67. The van der Waals surface area contributed by atoms with Crippen LogP contribution in [0.15, 0.2) is 91.0 Å². The van der Waals surface area contributed by atoms with Crippen LogP contribution in [0.5, 0.6) is 5.75 Å². The lowest BCUT2D eigenvalue weighted by molar-refractivity contribution is -0.151. The highest BCUT2D eigenvalue weighted by atomic mass is 28.3. The molecule has 13 nitrogen and oxygen atoms in total. The molecule has 0 bridgehead atoms. The number of ether oxygens (including phenoxy) is 2. The lowest BCUT2D eigenvalue weighted by atomic mass is 9.82. The topological polar surface area (TPSA) is 178 Å². The zero-order valence-electron chi connectivity index (χ0n) is 34.8. The Morgan fingerprint density at radius 3 is 2.18 bits per heavy atom. The number of anilines is 3. The molecule has 0 aromatic heterocycles. The van der Waals surface area contributed by atoms with Crippen LogP contribution in [0.1, 0.15) is 49.4 Å². The van der Waals surface area contributed by atoms with Crippen molar-refractivity contribution in [2.24, 2.45) is 5.92 Å². The standard InChI is InChI=1S/C46H54N4O9Si/c1-27-42(60(5,6)37-17-15-36(58-4)16-18-37)40(23-41(54)49-25-32-12-8-7-11-31(32)21-35(49)26-51)59-46(27)38-22-34(48-44(56)29(3)53)14-19-39(38)50(45(46)57)24-30-10-9-13-33(20-30)47-43(55)28(2)52/h7-20,22,27-29,35,40,42,51-53H,21,23-26H2,1-6H3,(H,47,55)(H,48,56)/t27-,28+,29+,35+,40+,42-,46+/m1/s1. The molecule has 1 spiro atoms. The van der Waals surface area contributed by atoms with Crippen LogP contribution in [0.25, 0.3) is 0 Å². The van der Waals surface area contributed by atoms with E-state index >= 15 is 4.79 Å². The smallest absolute Gasteiger partial charge is 0.264 e. The quantitative estimate of drug-likeness (QED) is 0.129. The van der Waals surface area contributed by atoms with E-state index in [2.05, 4.69) is 35.9 Å². The number of aliphatic hydroxyl groups is 3. The molecule has 3 aliphatic rings. The number of nitrogens with zero attached hydrogens (tertiary/aromatic N) is 2. The lowest BCUT2D eigenvalue weighted by Gasteiger charge is -2.39. The normalized spacial score (nSPS) is 23.2. The highest BCUT2D eigenvalue weighted by Crippen LogP contribution is 2.60. The van der Waals surface area contributed by atoms with Crippen LogP contribution in [0, 0.1) is 5.92 Å². The van der Waals surface area contributed by atoms with Crippen molar-refractivity contribution in [3.63, 3.8) is 0 Å². The molecule has 0 unspecified atom stereocenters. The van der Waals surface area contributed by atoms with Gasteiger partial charge in [-0.15, -0.1) is 0 Å². The summed E-state index contributed by atoms with van der Waals surface area (Å²) < 4.78 is 12.8. The van der Waals surface area contributed by atoms with E-state index in [4.69, 9.17) is 9.47 Å². The summed E-state index contributed by atoms with van der Waals surface area (Å²) in [6.45, 7) is 9.46. The van der Waals surface area contributed by atoms with Gasteiger partial charge in [-0.05, 0) is 85.0 Å². The second-order valence-corrected chi connectivity index (χ2v) is 21.5. The van der Waals surface area contributed by atoms with Crippen molar-refractivity contribution in [1.29, 1.82) is 0 Å². The molecule has 0 saturated carbocycles. The summed E-state index contributed by atoms with van der Waals surface area (Å²) in [6.07, 6.45) is -2.74. The van der Waals surface area contributed by atoms with E-state index in [0.29, 0.717) is 46.9 Å². The molecule has 4 aromatic carbocycles. The van der Waals surface area contributed by atoms with Gasteiger partial charge in [-0.3, -0.25) is 19.2 Å². The first kappa shape index (κ1) is 42.7. The molecular formula is C46H54N4O9Si. The van der Waals surface area contributed by atoms with Gasteiger partial charge in [-0.25, -0.2) is 0 Å². The van der Waals surface area contributed by atoms with Gasteiger partial charge < -0.3 is 45.2 Å². The summed E-state index contributed by atoms with van der Waals surface area (Å²) in [5.41, 5.74) is 2.85. The minimum Gasteiger partial charge on any atom is -0.497 e. The van der Waals surface area contributed by atoms with Gasteiger partial charge in [-0.2, -0.15) is 0 Å². The maximum Gasteiger partial charge on any atom is 0.264 e. The lowest BCUT2D eigenvalue weighted by Crippen LogP contribution is -2.52. The number of nitrogens with one attached hydrogen (secondary N) is 2. The highest BCUT2D eigenvalue weighted by Gasteiger charge is 2.66. The number of aliphatic hydroxyl groups excluding tert-OH is 3. The molecule has 5 N–H and O–H groups in total. The second kappa shape index (κ2) is 16.9. The highest BCUT2D eigenvalue weighted by molar-refractivity contribution is 6.91. The van der Waals surface area contributed by atoms with Crippen molar-refractivity contribution in [3.8, 4) is 5.75 Å². The van der Waals surface area contributed by atoms with Gasteiger partial charge in [0.2, 0.25) is 5.91 Å². The Hall–Kier alpha value is -5.38. The second-order valence-electron chi connectivity index (χ2n) is 16.8. The molecule has 60 heavy (non-hydrogen) atoms. The van der Waals surface area contributed by atoms with Crippen molar-refractivity contribution >= 4 is 54.0 Å². The molecule has 4 amide bonds. The fourth-order valence-electron chi connectivity index (χ4n) is 9.50. The SMILES string of the molecule is COc1ccc([Si](C)(C)[C@H]2[C@H](CC(=O)N3Cc4ccccc4C[C@H]3CO)O[C@@]3(C(=O)N(Cc4cccc(NC(=O)[C@H](C)O)c4)c4ccc(NC(=O)[C@H](C)O)cc43)[C@@H]2C)cc1. The first-order chi connectivity index (χ1) is 28.6.